The fourth-order valence-corrected chi connectivity index (χ4v) is 3.22. The third kappa shape index (κ3) is 1.96. The molecule has 3 atom stereocenters. The highest BCUT2D eigenvalue weighted by Gasteiger charge is 2.40. The van der Waals surface area contributed by atoms with Gasteiger partial charge in [0.1, 0.15) is 0 Å². The summed E-state index contributed by atoms with van der Waals surface area (Å²) in [4.78, 5) is 2.77. The lowest BCUT2D eigenvalue weighted by Crippen LogP contribution is -2.45. The Labute approximate surface area is 88.1 Å². The summed E-state index contributed by atoms with van der Waals surface area (Å²) >= 11 is 0. The lowest BCUT2D eigenvalue weighted by atomic mass is 10.1. The van der Waals surface area contributed by atoms with Crippen LogP contribution in [0.25, 0.3) is 0 Å². The van der Waals surface area contributed by atoms with E-state index in [4.69, 9.17) is 0 Å². The summed E-state index contributed by atoms with van der Waals surface area (Å²) in [6.45, 7) is 8.21. The highest BCUT2D eigenvalue weighted by atomic mass is 15.2. The van der Waals surface area contributed by atoms with Crippen molar-refractivity contribution in [2.24, 2.45) is 5.92 Å². The molecular weight excluding hydrogens is 172 g/mol. The zero-order valence-electron chi connectivity index (χ0n) is 9.63. The predicted molar refractivity (Wildman–Crippen MR) is 60.5 cm³/mol. The van der Waals surface area contributed by atoms with Gasteiger partial charge in [-0.2, -0.15) is 0 Å². The number of nitrogens with one attached hydrogen (secondary N) is 1. The summed E-state index contributed by atoms with van der Waals surface area (Å²) in [6, 6.07) is 1.73. The van der Waals surface area contributed by atoms with E-state index in [9.17, 15) is 0 Å². The third-order valence-corrected chi connectivity index (χ3v) is 4.02. The average molecular weight is 196 g/mol. The second kappa shape index (κ2) is 4.63. The SMILES string of the molecule is CCNCC(CC)N1CC2CCC1C2. The second-order valence-electron chi connectivity index (χ2n) is 4.90. The van der Waals surface area contributed by atoms with Gasteiger partial charge in [-0.25, -0.2) is 0 Å². The van der Waals surface area contributed by atoms with Crippen molar-refractivity contribution < 1.29 is 0 Å². The van der Waals surface area contributed by atoms with Crippen LogP contribution in [0.5, 0.6) is 0 Å². The monoisotopic (exact) mass is 196 g/mol. The summed E-state index contributed by atoms with van der Waals surface area (Å²) in [5.41, 5.74) is 0. The van der Waals surface area contributed by atoms with Crippen LogP contribution in [0.1, 0.15) is 39.5 Å². The van der Waals surface area contributed by atoms with E-state index >= 15 is 0 Å². The molecule has 0 aromatic carbocycles. The molecule has 2 nitrogen and oxygen atoms in total. The van der Waals surface area contributed by atoms with Crippen molar-refractivity contribution in [2.45, 2.75) is 51.6 Å². The minimum absolute atomic E-state index is 0.797. The molecule has 2 rings (SSSR count). The van der Waals surface area contributed by atoms with Gasteiger partial charge in [-0.3, -0.25) is 4.90 Å². The molecule has 82 valence electrons. The molecule has 14 heavy (non-hydrogen) atoms. The van der Waals surface area contributed by atoms with Crippen LogP contribution >= 0.6 is 0 Å². The number of likely N-dealkylation sites (tertiary alicyclic amines) is 1. The lowest BCUT2D eigenvalue weighted by molar-refractivity contribution is 0.143. The van der Waals surface area contributed by atoms with Crippen molar-refractivity contribution in [1.82, 2.24) is 10.2 Å². The number of hydrogen-bond acceptors (Lipinski definition) is 2. The molecule has 1 heterocycles. The molecule has 1 saturated heterocycles. The Morgan fingerprint density at radius 1 is 1.36 bits per heavy atom. The van der Waals surface area contributed by atoms with Crippen LogP contribution in [0.15, 0.2) is 0 Å². The number of fused-ring (bicyclic) bond motifs is 2. The predicted octanol–water partition coefficient (Wildman–Crippen LogP) is 1.86. The van der Waals surface area contributed by atoms with Gasteiger partial charge in [0.05, 0.1) is 0 Å². The lowest BCUT2D eigenvalue weighted by Gasteiger charge is -2.34. The maximum atomic E-state index is 3.49. The molecule has 2 fully saturated rings. The summed E-state index contributed by atoms with van der Waals surface area (Å²) in [7, 11) is 0. The minimum atomic E-state index is 0.797. The fraction of sp³-hybridized carbons (Fsp3) is 1.00. The topological polar surface area (TPSA) is 15.3 Å². The Balaban J connectivity index is 1.85. The van der Waals surface area contributed by atoms with Crippen LogP contribution in [0.3, 0.4) is 0 Å². The molecule has 3 unspecified atom stereocenters. The maximum Gasteiger partial charge on any atom is 0.0221 e. The Bertz CT molecular complexity index is 181. The minimum Gasteiger partial charge on any atom is -0.315 e. The molecule has 2 heteroatoms. The second-order valence-corrected chi connectivity index (χ2v) is 4.90. The number of hydrogen-bond donors (Lipinski definition) is 1. The smallest absolute Gasteiger partial charge is 0.0221 e. The Morgan fingerprint density at radius 2 is 2.21 bits per heavy atom. The standard InChI is InChI=1S/C12H24N2/c1-3-11(8-13-4-2)14-9-10-5-6-12(14)7-10/h10-13H,3-9H2,1-2H3. The van der Waals surface area contributed by atoms with Gasteiger partial charge in [0, 0.05) is 25.2 Å². The van der Waals surface area contributed by atoms with E-state index in [0.717, 1.165) is 24.5 Å². The van der Waals surface area contributed by atoms with Gasteiger partial charge in [-0.1, -0.05) is 13.8 Å². The van der Waals surface area contributed by atoms with Gasteiger partial charge in [-0.05, 0) is 38.1 Å². The molecular formula is C12H24N2. The summed E-state index contributed by atoms with van der Waals surface area (Å²) < 4.78 is 0. The molecule has 0 radical (unpaired) electrons. The number of rotatable bonds is 5. The van der Waals surface area contributed by atoms with Crippen LogP contribution in [0.4, 0.5) is 0 Å². The van der Waals surface area contributed by atoms with Crippen LogP contribution in [-0.2, 0) is 0 Å². The summed E-state index contributed by atoms with van der Waals surface area (Å²) in [5.74, 6) is 1.04. The quantitative estimate of drug-likeness (QED) is 0.722. The zero-order valence-corrected chi connectivity index (χ0v) is 9.63. The first-order valence-corrected chi connectivity index (χ1v) is 6.31. The van der Waals surface area contributed by atoms with Gasteiger partial charge in [0.25, 0.3) is 0 Å². The van der Waals surface area contributed by atoms with Crippen molar-refractivity contribution in [2.75, 3.05) is 19.6 Å². The zero-order chi connectivity index (χ0) is 9.97. The van der Waals surface area contributed by atoms with Gasteiger partial charge < -0.3 is 5.32 Å². The molecule has 2 bridgehead atoms. The van der Waals surface area contributed by atoms with Crippen molar-refractivity contribution in [1.29, 1.82) is 0 Å². The number of likely N-dealkylation sites (N-methyl/N-ethyl adjacent to an activating group) is 1. The van der Waals surface area contributed by atoms with Gasteiger partial charge >= 0.3 is 0 Å². The van der Waals surface area contributed by atoms with E-state index in [-0.39, 0.29) is 0 Å². The Hall–Kier alpha value is -0.0800. The first-order valence-electron chi connectivity index (χ1n) is 6.31. The molecule has 0 aromatic rings. The highest BCUT2D eigenvalue weighted by Crippen LogP contribution is 2.38. The molecule has 2 aliphatic rings. The molecule has 1 saturated carbocycles. The summed E-state index contributed by atoms with van der Waals surface area (Å²) in [6.07, 6.45) is 5.75. The molecule has 0 spiro atoms. The van der Waals surface area contributed by atoms with Gasteiger partial charge in [0.15, 0.2) is 0 Å². The van der Waals surface area contributed by atoms with Crippen molar-refractivity contribution >= 4 is 0 Å². The molecule has 1 N–H and O–H groups in total. The first kappa shape index (κ1) is 10.4. The normalized spacial score (nSPS) is 33.9. The largest absolute Gasteiger partial charge is 0.315 e. The van der Waals surface area contributed by atoms with E-state index in [1.807, 2.05) is 0 Å². The fourth-order valence-electron chi connectivity index (χ4n) is 3.22. The first-order chi connectivity index (χ1) is 6.85. The van der Waals surface area contributed by atoms with Crippen molar-refractivity contribution in [3.63, 3.8) is 0 Å². The highest BCUT2D eigenvalue weighted by molar-refractivity contribution is 4.95. The van der Waals surface area contributed by atoms with E-state index in [0.29, 0.717) is 0 Å². The third-order valence-electron chi connectivity index (χ3n) is 4.02. The number of nitrogens with zero attached hydrogens (tertiary/aromatic N) is 1. The van der Waals surface area contributed by atoms with E-state index in [2.05, 4.69) is 24.1 Å². The average Bonchev–Trinajstić information content (AvgIpc) is 2.80. The van der Waals surface area contributed by atoms with Crippen molar-refractivity contribution in [3.05, 3.63) is 0 Å². The van der Waals surface area contributed by atoms with Crippen LogP contribution in [-0.4, -0.2) is 36.6 Å². The molecule has 0 aromatic heterocycles. The van der Waals surface area contributed by atoms with E-state index in [1.54, 1.807) is 0 Å². The van der Waals surface area contributed by atoms with Crippen molar-refractivity contribution in [3.8, 4) is 0 Å². The van der Waals surface area contributed by atoms with E-state index in [1.165, 1.54) is 38.8 Å². The maximum absolute atomic E-state index is 3.49. The molecule has 1 aliphatic carbocycles. The van der Waals surface area contributed by atoms with Crippen LogP contribution in [0, 0.1) is 5.92 Å². The van der Waals surface area contributed by atoms with Gasteiger partial charge in [0.2, 0.25) is 0 Å². The Kier molecular flexibility index (Phi) is 3.45. The van der Waals surface area contributed by atoms with Gasteiger partial charge in [-0.15, -0.1) is 0 Å². The summed E-state index contributed by atoms with van der Waals surface area (Å²) in [5, 5.41) is 3.49. The van der Waals surface area contributed by atoms with Crippen LogP contribution < -0.4 is 5.32 Å². The van der Waals surface area contributed by atoms with E-state index < -0.39 is 0 Å². The Morgan fingerprint density at radius 3 is 2.71 bits per heavy atom. The number of piperidine rings is 1. The van der Waals surface area contributed by atoms with Crippen LogP contribution in [0.2, 0.25) is 0 Å². The molecule has 1 aliphatic heterocycles. The molecule has 0 amide bonds.